The molecule has 1 N–H and O–H groups in total. The maximum atomic E-state index is 11.1. The summed E-state index contributed by atoms with van der Waals surface area (Å²) in [6, 6.07) is -0.380. The van der Waals surface area contributed by atoms with Crippen molar-refractivity contribution in [2.75, 3.05) is 13.2 Å². The molecule has 0 bridgehead atoms. The second-order valence-electron chi connectivity index (χ2n) is 4.45. The van der Waals surface area contributed by atoms with Gasteiger partial charge in [0.1, 0.15) is 12.7 Å². The van der Waals surface area contributed by atoms with E-state index < -0.39 is 18.0 Å². The molecule has 0 aromatic heterocycles. The highest BCUT2D eigenvalue weighted by atomic mass is 16.6. The van der Waals surface area contributed by atoms with Gasteiger partial charge in [-0.1, -0.05) is 0 Å². The van der Waals surface area contributed by atoms with Gasteiger partial charge in [-0.25, -0.2) is 0 Å². The monoisotopic (exact) mass is 273 g/mol. The fraction of sp³-hybridized carbons (Fsp3) is 0.750. The minimum Gasteiger partial charge on any atom is -0.463 e. The molecule has 1 aliphatic heterocycles. The summed E-state index contributed by atoms with van der Waals surface area (Å²) in [5.41, 5.74) is 0. The van der Waals surface area contributed by atoms with Crippen molar-refractivity contribution in [1.82, 2.24) is 5.32 Å². The molecule has 7 nitrogen and oxygen atoms in total. The first-order chi connectivity index (χ1) is 8.88. The first kappa shape index (κ1) is 15.4. The molecule has 0 saturated carbocycles. The molecule has 0 radical (unpaired) electrons. The van der Waals surface area contributed by atoms with Crippen LogP contribution in [0.15, 0.2) is 0 Å². The Morgan fingerprint density at radius 1 is 1.21 bits per heavy atom. The van der Waals surface area contributed by atoms with Crippen LogP contribution in [0.4, 0.5) is 0 Å². The van der Waals surface area contributed by atoms with Gasteiger partial charge in [0, 0.05) is 27.2 Å². The van der Waals surface area contributed by atoms with Crippen molar-refractivity contribution in [3.8, 4) is 0 Å². The Kier molecular flexibility index (Phi) is 5.75. The van der Waals surface area contributed by atoms with Gasteiger partial charge in [0.15, 0.2) is 0 Å². The van der Waals surface area contributed by atoms with Crippen LogP contribution in [-0.4, -0.2) is 49.3 Å². The molecule has 1 amide bonds. The summed E-state index contributed by atoms with van der Waals surface area (Å²) in [6.07, 6.45) is -0.438. The fourth-order valence-electron chi connectivity index (χ4n) is 1.90. The molecular weight excluding hydrogens is 254 g/mol. The summed E-state index contributed by atoms with van der Waals surface area (Å²) in [4.78, 5) is 32.9. The van der Waals surface area contributed by atoms with Crippen LogP contribution in [0.1, 0.15) is 27.2 Å². The van der Waals surface area contributed by atoms with Gasteiger partial charge in [0.05, 0.1) is 18.8 Å². The van der Waals surface area contributed by atoms with Crippen molar-refractivity contribution in [2.24, 2.45) is 0 Å². The van der Waals surface area contributed by atoms with Gasteiger partial charge >= 0.3 is 11.9 Å². The summed E-state index contributed by atoms with van der Waals surface area (Å²) < 4.78 is 15.5. The topological polar surface area (TPSA) is 90.9 Å². The fourth-order valence-corrected chi connectivity index (χ4v) is 1.90. The Labute approximate surface area is 111 Å². The standard InChI is InChI=1S/C12H19NO6/c1-7(14)13-11-6-18-10(5-17-8(2)15)4-12(11)19-9(3)16/h10-12H,4-6H2,1-3H3,(H,13,14)/t10-,11+,12-/m0/s1. The minimum absolute atomic E-state index is 0.111. The first-order valence-electron chi connectivity index (χ1n) is 6.07. The van der Waals surface area contributed by atoms with Crippen molar-refractivity contribution < 1.29 is 28.6 Å². The van der Waals surface area contributed by atoms with E-state index in [1.54, 1.807) is 0 Å². The van der Waals surface area contributed by atoms with E-state index in [0.717, 1.165) is 0 Å². The quantitative estimate of drug-likeness (QED) is 0.712. The van der Waals surface area contributed by atoms with Gasteiger partial charge < -0.3 is 19.5 Å². The maximum Gasteiger partial charge on any atom is 0.302 e. The summed E-state index contributed by atoms with van der Waals surface area (Å²) in [6.45, 7) is 4.33. The van der Waals surface area contributed by atoms with Crippen LogP contribution in [0.25, 0.3) is 0 Å². The van der Waals surface area contributed by atoms with E-state index in [-0.39, 0.29) is 31.3 Å². The summed E-state index contributed by atoms with van der Waals surface area (Å²) >= 11 is 0. The maximum absolute atomic E-state index is 11.1. The molecule has 0 aliphatic carbocycles. The highest BCUT2D eigenvalue weighted by Crippen LogP contribution is 2.18. The molecule has 1 heterocycles. The number of carbonyl (C=O) groups excluding carboxylic acids is 3. The molecule has 108 valence electrons. The third-order valence-electron chi connectivity index (χ3n) is 2.63. The third-order valence-corrected chi connectivity index (χ3v) is 2.63. The molecular formula is C12H19NO6. The minimum atomic E-state index is -0.476. The lowest BCUT2D eigenvalue weighted by Crippen LogP contribution is -2.53. The number of carbonyl (C=O) groups is 3. The second kappa shape index (κ2) is 7.08. The largest absolute Gasteiger partial charge is 0.463 e. The highest BCUT2D eigenvalue weighted by molar-refractivity contribution is 5.73. The molecule has 0 unspecified atom stereocenters. The zero-order valence-electron chi connectivity index (χ0n) is 11.3. The average Bonchev–Trinajstić information content (AvgIpc) is 2.28. The predicted molar refractivity (Wildman–Crippen MR) is 64.1 cm³/mol. The molecule has 1 saturated heterocycles. The smallest absolute Gasteiger partial charge is 0.302 e. The van der Waals surface area contributed by atoms with Crippen molar-refractivity contribution >= 4 is 17.8 Å². The zero-order chi connectivity index (χ0) is 14.4. The Morgan fingerprint density at radius 2 is 1.89 bits per heavy atom. The molecule has 0 aromatic carbocycles. The number of hydrogen-bond donors (Lipinski definition) is 1. The van der Waals surface area contributed by atoms with Gasteiger partial charge in [-0.15, -0.1) is 0 Å². The van der Waals surface area contributed by atoms with E-state index in [1.807, 2.05) is 0 Å². The number of rotatable bonds is 4. The molecule has 1 aliphatic rings. The summed E-state index contributed by atoms with van der Waals surface area (Å²) in [7, 11) is 0. The SMILES string of the molecule is CC(=O)N[C@@H]1CO[C@H](COC(C)=O)C[C@@H]1OC(C)=O. The molecule has 1 fully saturated rings. The summed E-state index contributed by atoms with van der Waals surface area (Å²) in [5, 5.41) is 2.67. The van der Waals surface area contributed by atoms with Crippen LogP contribution in [0.2, 0.25) is 0 Å². The number of amides is 1. The van der Waals surface area contributed by atoms with Gasteiger partial charge in [-0.3, -0.25) is 14.4 Å². The molecule has 7 heteroatoms. The van der Waals surface area contributed by atoms with E-state index in [9.17, 15) is 14.4 Å². The van der Waals surface area contributed by atoms with Gasteiger partial charge in [0.25, 0.3) is 0 Å². The van der Waals surface area contributed by atoms with Gasteiger partial charge in [0.2, 0.25) is 5.91 Å². The Morgan fingerprint density at radius 3 is 2.42 bits per heavy atom. The van der Waals surface area contributed by atoms with Gasteiger partial charge in [-0.2, -0.15) is 0 Å². The van der Waals surface area contributed by atoms with Crippen LogP contribution >= 0.6 is 0 Å². The van der Waals surface area contributed by atoms with Gasteiger partial charge in [-0.05, 0) is 0 Å². The van der Waals surface area contributed by atoms with E-state index in [0.29, 0.717) is 6.42 Å². The number of nitrogens with one attached hydrogen (secondary N) is 1. The summed E-state index contributed by atoms with van der Waals surface area (Å²) in [5.74, 6) is -1.03. The molecule has 0 aromatic rings. The molecule has 1 rings (SSSR count). The lowest BCUT2D eigenvalue weighted by Gasteiger charge is -2.35. The number of ether oxygens (including phenoxy) is 3. The van der Waals surface area contributed by atoms with Crippen LogP contribution in [0.5, 0.6) is 0 Å². The molecule has 3 atom stereocenters. The number of hydrogen-bond acceptors (Lipinski definition) is 6. The second-order valence-corrected chi connectivity index (χ2v) is 4.45. The Bertz CT molecular complexity index is 356. The van der Waals surface area contributed by atoms with E-state index in [4.69, 9.17) is 14.2 Å². The van der Waals surface area contributed by atoms with Crippen LogP contribution in [0.3, 0.4) is 0 Å². The van der Waals surface area contributed by atoms with Crippen LogP contribution in [0, 0.1) is 0 Å². The molecule has 0 spiro atoms. The highest BCUT2D eigenvalue weighted by Gasteiger charge is 2.34. The van der Waals surface area contributed by atoms with E-state index in [2.05, 4.69) is 5.32 Å². The van der Waals surface area contributed by atoms with Crippen molar-refractivity contribution in [3.05, 3.63) is 0 Å². The van der Waals surface area contributed by atoms with Crippen LogP contribution in [-0.2, 0) is 28.6 Å². The van der Waals surface area contributed by atoms with E-state index in [1.165, 1.54) is 20.8 Å². The third kappa shape index (κ3) is 5.69. The van der Waals surface area contributed by atoms with Crippen molar-refractivity contribution in [2.45, 2.75) is 45.4 Å². The lowest BCUT2D eigenvalue weighted by molar-refractivity contribution is -0.165. The molecule has 19 heavy (non-hydrogen) atoms. The van der Waals surface area contributed by atoms with Crippen LogP contribution < -0.4 is 5.32 Å². The normalized spacial score (nSPS) is 26.4. The Hall–Kier alpha value is -1.63. The van der Waals surface area contributed by atoms with Crippen molar-refractivity contribution in [3.63, 3.8) is 0 Å². The number of esters is 2. The van der Waals surface area contributed by atoms with E-state index >= 15 is 0 Å². The average molecular weight is 273 g/mol. The first-order valence-corrected chi connectivity index (χ1v) is 6.07. The Balaban J connectivity index is 2.56. The van der Waals surface area contributed by atoms with Crippen molar-refractivity contribution in [1.29, 1.82) is 0 Å². The zero-order valence-corrected chi connectivity index (χ0v) is 11.3. The predicted octanol–water partition coefficient (Wildman–Crippen LogP) is -0.225. The lowest BCUT2D eigenvalue weighted by atomic mass is 10.0.